The summed E-state index contributed by atoms with van der Waals surface area (Å²) in [6.45, 7) is 3.92. The van der Waals surface area contributed by atoms with Crippen molar-refractivity contribution in [2.24, 2.45) is 4.99 Å². The fraction of sp³-hybridized carbons (Fsp3) is 0.500. The number of nitriles is 1. The number of rotatable bonds is 4. The van der Waals surface area contributed by atoms with Crippen molar-refractivity contribution in [3.05, 3.63) is 24.1 Å². The van der Waals surface area contributed by atoms with Crippen LogP contribution in [-0.2, 0) is 9.59 Å². The van der Waals surface area contributed by atoms with Crippen molar-refractivity contribution in [3.63, 3.8) is 0 Å². The number of hydrogen-bond acceptors (Lipinski definition) is 6. The van der Waals surface area contributed by atoms with E-state index in [1.807, 2.05) is 11.1 Å². The molecule has 1 atom stereocenters. The molecule has 0 aliphatic carbocycles. The second-order valence-corrected chi connectivity index (χ2v) is 8.11. The van der Waals surface area contributed by atoms with E-state index < -0.39 is 6.04 Å². The number of likely N-dealkylation sites (tertiary alicyclic amines) is 2. The zero-order chi connectivity index (χ0) is 22.5. The number of aliphatic imine (C=N–C) groups is 1. The van der Waals surface area contributed by atoms with Crippen LogP contribution in [0.15, 0.2) is 27.6 Å². The van der Waals surface area contributed by atoms with E-state index in [1.165, 1.54) is 0 Å². The molecule has 2 aliphatic heterocycles. The summed E-state index contributed by atoms with van der Waals surface area (Å²) in [6.07, 6.45) is 6.10. The Bertz CT molecular complexity index is 1070. The van der Waals surface area contributed by atoms with E-state index in [1.54, 1.807) is 30.0 Å². The highest BCUT2D eigenvalue weighted by atomic mass is 16.3. The van der Waals surface area contributed by atoms with Gasteiger partial charge in [0.2, 0.25) is 17.8 Å². The molecule has 0 spiro atoms. The second-order valence-electron chi connectivity index (χ2n) is 8.11. The third-order valence-electron chi connectivity index (χ3n) is 5.75. The Morgan fingerprint density at radius 2 is 2.06 bits per heavy atom. The van der Waals surface area contributed by atoms with Crippen molar-refractivity contribution < 1.29 is 14.0 Å². The van der Waals surface area contributed by atoms with Gasteiger partial charge in [0.05, 0.1) is 6.54 Å². The van der Waals surface area contributed by atoms with Crippen LogP contribution in [0.1, 0.15) is 38.0 Å². The van der Waals surface area contributed by atoms with Crippen molar-refractivity contribution in [2.75, 3.05) is 31.5 Å². The molecule has 2 aromatic rings. The summed E-state index contributed by atoms with van der Waals surface area (Å²) >= 11 is 0. The second kappa shape index (κ2) is 9.68. The molecular formula is C22H27N7O3. The van der Waals surface area contributed by atoms with Gasteiger partial charge in [-0.2, -0.15) is 5.26 Å². The van der Waals surface area contributed by atoms with Crippen LogP contribution in [0.4, 0.5) is 5.69 Å². The van der Waals surface area contributed by atoms with Gasteiger partial charge < -0.3 is 19.5 Å². The van der Waals surface area contributed by atoms with Crippen molar-refractivity contribution >= 4 is 34.6 Å². The lowest BCUT2D eigenvalue weighted by Gasteiger charge is -2.25. The number of carbonyl (C=O) groups is 2. The van der Waals surface area contributed by atoms with Gasteiger partial charge in [-0.1, -0.05) is 0 Å². The number of nitrogens with one attached hydrogen (secondary N) is 2. The first-order chi connectivity index (χ1) is 15.5. The Labute approximate surface area is 186 Å². The molecule has 4 rings (SSSR count). The Kier molecular flexibility index (Phi) is 6.54. The number of guanidine groups is 1. The van der Waals surface area contributed by atoms with E-state index in [4.69, 9.17) is 4.42 Å². The van der Waals surface area contributed by atoms with Gasteiger partial charge in [-0.05, 0) is 50.3 Å². The van der Waals surface area contributed by atoms with E-state index in [-0.39, 0.29) is 24.3 Å². The number of fused-ring (bicyclic) bond motifs is 1. The lowest BCUT2D eigenvalue weighted by Crippen LogP contribution is -2.45. The van der Waals surface area contributed by atoms with Crippen LogP contribution >= 0.6 is 0 Å². The maximum atomic E-state index is 13.2. The molecule has 2 amide bonds. The summed E-state index contributed by atoms with van der Waals surface area (Å²) in [7, 11) is 0. The molecule has 0 bridgehead atoms. The molecular weight excluding hydrogens is 410 g/mol. The van der Waals surface area contributed by atoms with Crippen molar-refractivity contribution in [1.29, 1.82) is 5.26 Å². The number of amides is 2. The highest BCUT2D eigenvalue weighted by Gasteiger charge is 2.30. The minimum absolute atomic E-state index is 0.00909. The third kappa shape index (κ3) is 4.99. The zero-order valence-corrected chi connectivity index (χ0v) is 18.1. The molecule has 10 nitrogen and oxygen atoms in total. The Balaban J connectivity index is 1.49. The van der Waals surface area contributed by atoms with Gasteiger partial charge in [0, 0.05) is 32.2 Å². The third-order valence-corrected chi connectivity index (χ3v) is 5.75. The van der Waals surface area contributed by atoms with Crippen molar-refractivity contribution in [1.82, 2.24) is 20.1 Å². The van der Waals surface area contributed by atoms with Gasteiger partial charge >= 0.3 is 0 Å². The lowest BCUT2D eigenvalue weighted by molar-refractivity contribution is -0.140. The standard InChI is InChI=1S/C22H27N7O3/c1-15-25-18-12-16(7-8-19(18)32-15)26-22(24-14-23)27-17-6-2-3-11-29(21(17)31)13-20(30)28-9-4-5-10-28/h7-8,12,17H,2-6,9-11,13H2,1H3,(H2,24,26,27). The largest absolute Gasteiger partial charge is 0.441 e. The average molecular weight is 438 g/mol. The summed E-state index contributed by atoms with van der Waals surface area (Å²) < 4.78 is 5.49. The first-order valence-electron chi connectivity index (χ1n) is 11.0. The molecule has 0 saturated carbocycles. The molecule has 1 aromatic heterocycles. The number of carbonyl (C=O) groups excluding carboxylic acids is 2. The minimum atomic E-state index is -0.662. The van der Waals surface area contributed by atoms with E-state index >= 15 is 0 Å². The summed E-state index contributed by atoms with van der Waals surface area (Å²) in [4.78, 5) is 38.0. The quantitative estimate of drug-likeness (QED) is 0.324. The number of anilines is 1. The predicted molar refractivity (Wildman–Crippen MR) is 119 cm³/mol. The van der Waals surface area contributed by atoms with Gasteiger partial charge in [0.25, 0.3) is 0 Å². The number of oxazole rings is 1. The monoisotopic (exact) mass is 437 g/mol. The molecule has 10 heteroatoms. The lowest BCUT2D eigenvalue weighted by atomic mass is 10.1. The SMILES string of the molecule is Cc1nc2cc(NC(=NC3CCCCN(CC(=O)N4CCCC4)C3=O)NC#N)ccc2o1. The van der Waals surface area contributed by atoms with E-state index in [9.17, 15) is 14.9 Å². The first kappa shape index (κ1) is 21.6. The zero-order valence-electron chi connectivity index (χ0n) is 18.1. The highest BCUT2D eigenvalue weighted by Crippen LogP contribution is 2.20. The fourth-order valence-corrected chi connectivity index (χ4v) is 4.15. The number of nitrogens with zero attached hydrogens (tertiary/aromatic N) is 5. The van der Waals surface area contributed by atoms with Crippen LogP contribution in [0.5, 0.6) is 0 Å². The topological polar surface area (TPSA) is 127 Å². The minimum Gasteiger partial charge on any atom is -0.441 e. The van der Waals surface area contributed by atoms with E-state index in [2.05, 4.69) is 20.6 Å². The van der Waals surface area contributed by atoms with Crippen LogP contribution in [0.3, 0.4) is 0 Å². The number of benzene rings is 1. The Hall–Kier alpha value is -3.61. The van der Waals surface area contributed by atoms with Crippen LogP contribution in [-0.4, -0.2) is 64.8 Å². The van der Waals surface area contributed by atoms with E-state index in [0.29, 0.717) is 35.6 Å². The molecule has 1 aromatic carbocycles. The fourth-order valence-electron chi connectivity index (χ4n) is 4.15. The van der Waals surface area contributed by atoms with Crippen molar-refractivity contribution in [2.45, 2.75) is 45.1 Å². The molecule has 2 aliphatic rings. The van der Waals surface area contributed by atoms with Gasteiger partial charge in [-0.15, -0.1) is 0 Å². The first-order valence-corrected chi connectivity index (χ1v) is 11.0. The maximum Gasteiger partial charge on any atom is 0.247 e. The van der Waals surface area contributed by atoms with E-state index in [0.717, 1.165) is 38.8 Å². The van der Waals surface area contributed by atoms with Crippen LogP contribution < -0.4 is 10.6 Å². The van der Waals surface area contributed by atoms with Crippen LogP contribution in [0.2, 0.25) is 0 Å². The number of aryl methyl sites for hydroxylation is 1. The molecule has 0 radical (unpaired) electrons. The smallest absolute Gasteiger partial charge is 0.247 e. The number of aromatic nitrogens is 1. The predicted octanol–water partition coefficient (Wildman–Crippen LogP) is 1.98. The van der Waals surface area contributed by atoms with Gasteiger partial charge in [-0.25, -0.2) is 9.98 Å². The average Bonchev–Trinajstić information content (AvgIpc) is 3.39. The Morgan fingerprint density at radius 3 is 2.84 bits per heavy atom. The van der Waals surface area contributed by atoms with Gasteiger partial charge in [0.1, 0.15) is 11.6 Å². The molecule has 1 unspecified atom stereocenters. The van der Waals surface area contributed by atoms with Gasteiger partial charge in [0.15, 0.2) is 17.7 Å². The summed E-state index contributed by atoms with van der Waals surface area (Å²) in [5.74, 6) is 0.550. The maximum absolute atomic E-state index is 13.2. The van der Waals surface area contributed by atoms with Crippen LogP contribution in [0.25, 0.3) is 11.1 Å². The van der Waals surface area contributed by atoms with Crippen LogP contribution in [0, 0.1) is 18.4 Å². The Morgan fingerprint density at radius 1 is 1.28 bits per heavy atom. The molecule has 168 valence electrons. The summed E-state index contributed by atoms with van der Waals surface area (Å²) in [5, 5.41) is 14.8. The summed E-state index contributed by atoms with van der Waals surface area (Å²) in [6, 6.07) is 4.70. The number of hydrogen-bond donors (Lipinski definition) is 2. The van der Waals surface area contributed by atoms with Gasteiger partial charge in [-0.3, -0.25) is 14.9 Å². The molecule has 3 heterocycles. The molecule has 2 fully saturated rings. The molecule has 2 N–H and O–H groups in total. The molecule has 32 heavy (non-hydrogen) atoms. The molecule has 2 saturated heterocycles. The highest BCUT2D eigenvalue weighted by molar-refractivity contribution is 5.98. The summed E-state index contributed by atoms with van der Waals surface area (Å²) in [5.41, 5.74) is 2.01. The van der Waals surface area contributed by atoms with Crippen molar-refractivity contribution in [3.8, 4) is 6.19 Å². The normalized spacial score (nSPS) is 19.7.